The van der Waals surface area contributed by atoms with Crippen LogP contribution in [0.25, 0.3) is 22.3 Å². The van der Waals surface area contributed by atoms with Crippen LogP contribution in [0, 0.1) is 0 Å². The van der Waals surface area contributed by atoms with Gasteiger partial charge in [0.15, 0.2) is 28.8 Å². The van der Waals surface area contributed by atoms with Crippen LogP contribution in [0.2, 0.25) is 0 Å². The summed E-state index contributed by atoms with van der Waals surface area (Å²) in [6, 6.07) is 17.6. The van der Waals surface area contributed by atoms with Gasteiger partial charge >= 0.3 is 5.97 Å². The standard InChI is InChI=1S/C34H28O11/c1-41-20-7-3-17(4-8-20)11-12-43-25-10-6-18(14-26(25)42-2)21-15-28(38)44-27-16-24(37)30-31(39)32(40)33(45-34(30)29(21)27)19-5-9-22(35)23(36)13-19/h3-10,13-14,16,21,35-37,40H,11-12,15H2,1-2H3. The van der Waals surface area contributed by atoms with E-state index in [4.69, 9.17) is 23.4 Å². The van der Waals surface area contributed by atoms with Crippen molar-refractivity contribution in [2.75, 3.05) is 20.8 Å². The van der Waals surface area contributed by atoms with E-state index in [-0.39, 0.29) is 34.5 Å². The third-order valence-corrected chi connectivity index (χ3v) is 7.70. The molecule has 1 unspecified atom stereocenters. The summed E-state index contributed by atoms with van der Waals surface area (Å²) in [5, 5.41) is 40.9. The second-order valence-electron chi connectivity index (χ2n) is 10.4. The normalized spacial score (nSPS) is 14.1. The van der Waals surface area contributed by atoms with E-state index in [1.807, 2.05) is 24.3 Å². The van der Waals surface area contributed by atoms with Gasteiger partial charge in [-0.1, -0.05) is 18.2 Å². The minimum atomic E-state index is -0.937. The maximum absolute atomic E-state index is 13.3. The molecular formula is C34H28O11. The lowest BCUT2D eigenvalue weighted by molar-refractivity contribution is -0.135. The topological polar surface area (TPSA) is 165 Å². The van der Waals surface area contributed by atoms with E-state index in [2.05, 4.69) is 0 Å². The molecule has 0 bridgehead atoms. The first-order chi connectivity index (χ1) is 21.7. The molecule has 0 radical (unpaired) electrons. The van der Waals surface area contributed by atoms with E-state index in [1.165, 1.54) is 19.2 Å². The van der Waals surface area contributed by atoms with Gasteiger partial charge in [-0.25, -0.2) is 0 Å². The fourth-order valence-corrected chi connectivity index (χ4v) is 5.42. The van der Waals surface area contributed by atoms with Crippen molar-refractivity contribution >= 4 is 16.9 Å². The van der Waals surface area contributed by atoms with Gasteiger partial charge in [-0.15, -0.1) is 0 Å². The molecule has 1 aliphatic rings. The number of phenols is 3. The van der Waals surface area contributed by atoms with E-state index >= 15 is 0 Å². The lowest BCUT2D eigenvalue weighted by Gasteiger charge is -2.26. The number of esters is 1. The van der Waals surface area contributed by atoms with Crippen molar-refractivity contribution in [3.63, 3.8) is 0 Å². The van der Waals surface area contributed by atoms with Gasteiger partial charge in [-0.3, -0.25) is 9.59 Å². The first-order valence-electron chi connectivity index (χ1n) is 13.9. The quantitative estimate of drug-likeness (QED) is 0.101. The molecule has 5 aromatic rings. The van der Waals surface area contributed by atoms with Crippen LogP contribution in [-0.2, 0) is 11.2 Å². The molecule has 6 rings (SSSR count). The molecule has 4 N–H and O–H groups in total. The first kappa shape index (κ1) is 29.2. The molecule has 0 saturated carbocycles. The molecular weight excluding hydrogens is 584 g/mol. The Kier molecular flexibility index (Phi) is 7.59. The molecule has 11 heteroatoms. The molecule has 45 heavy (non-hydrogen) atoms. The number of benzene rings is 4. The van der Waals surface area contributed by atoms with E-state index in [0.717, 1.165) is 23.4 Å². The zero-order chi connectivity index (χ0) is 31.8. The fourth-order valence-electron chi connectivity index (χ4n) is 5.42. The molecule has 4 aromatic carbocycles. The van der Waals surface area contributed by atoms with Gasteiger partial charge in [0.2, 0.25) is 11.2 Å². The molecule has 0 amide bonds. The lowest BCUT2D eigenvalue weighted by Crippen LogP contribution is -2.22. The highest BCUT2D eigenvalue weighted by molar-refractivity contribution is 5.94. The van der Waals surface area contributed by atoms with Gasteiger partial charge < -0.3 is 43.8 Å². The zero-order valence-electron chi connectivity index (χ0n) is 24.2. The number of hydrogen-bond donors (Lipinski definition) is 4. The highest BCUT2D eigenvalue weighted by atomic mass is 16.5. The van der Waals surface area contributed by atoms with Crippen LogP contribution >= 0.6 is 0 Å². The molecule has 0 fully saturated rings. The number of aromatic hydroxyl groups is 4. The van der Waals surface area contributed by atoms with Gasteiger partial charge in [-0.05, 0) is 53.6 Å². The average molecular weight is 613 g/mol. The molecule has 1 aliphatic heterocycles. The average Bonchev–Trinajstić information content (AvgIpc) is 3.03. The van der Waals surface area contributed by atoms with Gasteiger partial charge in [0.25, 0.3) is 0 Å². The smallest absolute Gasteiger partial charge is 0.312 e. The van der Waals surface area contributed by atoms with Crippen molar-refractivity contribution in [2.45, 2.75) is 18.8 Å². The van der Waals surface area contributed by atoms with E-state index in [0.29, 0.717) is 35.7 Å². The Bertz CT molecular complexity index is 1990. The van der Waals surface area contributed by atoms with Gasteiger partial charge in [0.1, 0.15) is 28.2 Å². The second kappa shape index (κ2) is 11.7. The third kappa shape index (κ3) is 5.40. The zero-order valence-corrected chi connectivity index (χ0v) is 24.2. The summed E-state index contributed by atoms with van der Waals surface area (Å²) < 4.78 is 28.3. The number of hydrogen-bond acceptors (Lipinski definition) is 11. The molecule has 1 aromatic heterocycles. The molecule has 2 heterocycles. The predicted molar refractivity (Wildman–Crippen MR) is 162 cm³/mol. The van der Waals surface area contributed by atoms with Crippen LogP contribution < -0.4 is 24.4 Å². The van der Waals surface area contributed by atoms with Crippen LogP contribution in [0.3, 0.4) is 0 Å². The van der Waals surface area contributed by atoms with Crippen LogP contribution in [0.15, 0.2) is 75.9 Å². The lowest BCUT2D eigenvalue weighted by atomic mass is 9.85. The molecule has 11 nitrogen and oxygen atoms in total. The Morgan fingerprint density at radius 3 is 2.31 bits per heavy atom. The van der Waals surface area contributed by atoms with Crippen molar-refractivity contribution < 1.29 is 48.6 Å². The van der Waals surface area contributed by atoms with Crippen molar-refractivity contribution in [3.8, 4) is 57.3 Å². The summed E-state index contributed by atoms with van der Waals surface area (Å²) in [4.78, 5) is 26.1. The van der Waals surface area contributed by atoms with Crippen LogP contribution in [-0.4, -0.2) is 47.2 Å². The molecule has 0 saturated heterocycles. The summed E-state index contributed by atoms with van der Waals surface area (Å²) in [6.07, 6.45) is 0.507. The van der Waals surface area contributed by atoms with Crippen LogP contribution in [0.1, 0.15) is 29.0 Å². The Morgan fingerprint density at radius 2 is 1.60 bits per heavy atom. The summed E-state index contributed by atoms with van der Waals surface area (Å²) in [7, 11) is 3.10. The van der Waals surface area contributed by atoms with Gasteiger partial charge in [0, 0.05) is 29.5 Å². The minimum Gasteiger partial charge on any atom is -0.507 e. The summed E-state index contributed by atoms with van der Waals surface area (Å²) in [5.41, 5.74) is 0.992. The van der Waals surface area contributed by atoms with Crippen LogP contribution in [0.4, 0.5) is 0 Å². The Morgan fingerprint density at radius 1 is 0.822 bits per heavy atom. The number of ether oxygens (including phenoxy) is 4. The van der Waals surface area contributed by atoms with Gasteiger partial charge in [0.05, 0.1) is 27.2 Å². The number of carbonyl (C=O) groups is 1. The largest absolute Gasteiger partial charge is 0.507 e. The Labute approximate surface area is 256 Å². The highest BCUT2D eigenvalue weighted by Crippen LogP contribution is 2.48. The third-order valence-electron chi connectivity index (χ3n) is 7.70. The van der Waals surface area contributed by atoms with Crippen LogP contribution in [0.5, 0.6) is 46.0 Å². The summed E-state index contributed by atoms with van der Waals surface area (Å²) >= 11 is 0. The number of methoxy groups -OCH3 is 2. The number of phenolic OH excluding ortho intramolecular Hbond substituents is 3. The SMILES string of the molecule is COc1ccc(CCOc2ccc(C3CC(=O)Oc4cc(O)c5c(=O)c(O)c(-c6ccc(O)c(O)c6)oc5c43)cc2OC)cc1. The fraction of sp³-hybridized carbons (Fsp3) is 0.176. The summed E-state index contributed by atoms with van der Waals surface area (Å²) in [6.45, 7) is 0.370. The number of rotatable bonds is 8. The van der Waals surface area contributed by atoms with Gasteiger partial charge in [-0.2, -0.15) is 0 Å². The first-order valence-corrected chi connectivity index (χ1v) is 13.9. The van der Waals surface area contributed by atoms with Crippen molar-refractivity contribution in [1.82, 2.24) is 0 Å². The molecule has 0 spiro atoms. The van der Waals surface area contributed by atoms with Crippen molar-refractivity contribution in [1.29, 1.82) is 0 Å². The minimum absolute atomic E-state index is 0.0200. The molecule has 0 aliphatic carbocycles. The van der Waals surface area contributed by atoms with Crippen molar-refractivity contribution in [3.05, 3.63) is 93.6 Å². The predicted octanol–water partition coefficient (Wildman–Crippen LogP) is 5.36. The Hall–Kier alpha value is -5.84. The van der Waals surface area contributed by atoms with E-state index in [9.17, 15) is 30.0 Å². The maximum atomic E-state index is 13.3. The highest BCUT2D eigenvalue weighted by Gasteiger charge is 2.35. The monoisotopic (exact) mass is 612 g/mol. The van der Waals surface area contributed by atoms with E-state index < -0.39 is 40.3 Å². The summed E-state index contributed by atoms with van der Waals surface area (Å²) in [5.74, 6) is -2.25. The number of carbonyl (C=O) groups excluding carboxylic acids is 1. The second-order valence-corrected chi connectivity index (χ2v) is 10.4. The molecule has 1 atom stereocenters. The Balaban J connectivity index is 1.40. The van der Waals surface area contributed by atoms with Crippen molar-refractivity contribution in [2.24, 2.45) is 0 Å². The molecule has 230 valence electrons. The number of fused-ring (bicyclic) bond motifs is 3. The van der Waals surface area contributed by atoms with E-state index in [1.54, 1.807) is 25.3 Å². The maximum Gasteiger partial charge on any atom is 0.312 e.